The monoisotopic (exact) mass is 322 g/mol. The van der Waals surface area contributed by atoms with Crippen molar-refractivity contribution in [2.24, 2.45) is 0 Å². The van der Waals surface area contributed by atoms with Gasteiger partial charge in [-0.1, -0.05) is 19.8 Å². The Kier molecular flexibility index (Phi) is 8.02. The van der Waals surface area contributed by atoms with Crippen LogP contribution in [0.3, 0.4) is 0 Å². The third kappa shape index (κ3) is 5.51. The molecule has 128 valence electrons. The molecule has 0 radical (unpaired) electrons. The van der Waals surface area contributed by atoms with Crippen molar-refractivity contribution in [3.63, 3.8) is 0 Å². The molecule has 1 aromatic rings. The van der Waals surface area contributed by atoms with Crippen LogP contribution in [0.4, 0.5) is 0 Å². The molecule has 0 atom stereocenters. The van der Waals surface area contributed by atoms with E-state index in [2.05, 4.69) is 6.92 Å². The lowest BCUT2D eigenvalue weighted by atomic mass is 10.1. The van der Waals surface area contributed by atoms with E-state index in [-0.39, 0.29) is 5.97 Å². The molecule has 0 aromatic heterocycles. The van der Waals surface area contributed by atoms with Crippen LogP contribution in [0.5, 0.6) is 17.2 Å². The summed E-state index contributed by atoms with van der Waals surface area (Å²) in [6.45, 7) is 4.29. The predicted molar refractivity (Wildman–Crippen MR) is 90.2 cm³/mol. The quantitative estimate of drug-likeness (QED) is 0.393. The molecular weight excluding hydrogens is 296 g/mol. The van der Waals surface area contributed by atoms with Gasteiger partial charge < -0.3 is 18.9 Å². The molecule has 23 heavy (non-hydrogen) atoms. The molecule has 1 aromatic carbocycles. The second-order valence-corrected chi connectivity index (χ2v) is 5.13. The van der Waals surface area contributed by atoms with Gasteiger partial charge in [-0.05, 0) is 37.1 Å². The Morgan fingerprint density at radius 3 is 2.13 bits per heavy atom. The van der Waals surface area contributed by atoms with Crippen molar-refractivity contribution < 1.29 is 23.7 Å². The maximum absolute atomic E-state index is 12.0. The molecule has 0 spiro atoms. The molecular formula is C18H26O5. The number of ether oxygens (including phenoxy) is 4. The summed E-state index contributed by atoms with van der Waals surface area (Å²) >= 11 is 0. The van der Waals surface area contributed by atoms with Crippen LogP contribution in [0.2, 0.25) is 0 Å². The van der Waals surface area contributed by atoms with Gasteiger partial charge >= 0.3 is 5.97 Å². The molecule has 0 saturated heterocycles. The van der Waals surface area contributed by atoms with E-state index in [1.807, 2.05) is 0 Å². The van der Waals surface area contributed by atoms with Gasteiger partial charge in [-0.25, -0.2) is 4.79 Å². The lowest BCUT2D eigenvalue weighted by Gasteiger charge is -2.13. The second-order valence-electron chi connectivity index (χ2n) is 5.13. The zero-order valence-electron chi connectivity index (χ0n) is 14.6. The Labute approximate surface area is 138 Å². The highest BCUT2D eigenvalue weighted by molar-refractivity contribution is 5.93. The molecule has 5 heteroatoms. The van der Waals surface area contributed by atoms with E-state index < -0.39 is 0 Å². The SMILES string of the molecule is CCCCCOC(=O)/C(C)=C/c1cc(OC)c(OC)c(OC)c1. The van der Waals surface area contributed by atoms with Crippen LogP contribution in [0, 0.1) is 0 Å². The highest BCUT2D eigenvalue weighted by atomic mass is 16.5. The van der Waals surface area contributed by atoms with Crippen LogP contribution in [0.25, 0.3) is 6.08 Å². The summed E-state index contributed by atoms with van der Waals surface area (Å²) in [4.78, 5) is 12.0. The standard InChI is InChI=1S/C18H26O5/c1-6-7-8-9-23-18(19)13(2)10-14-11-15(20-3)17(22-5)16(12-14)21-4/h10-12H,6-9H2,1-5H3/b13-10+. The topological polar surface area (TPSA) is 54.0 Å². The fourth-order valence-corrected chi connectivity index (χ4v) is 2.12. The molecule has 1 rings (SSSR count). The largest absolute Gasteiger partial charge is 0.493 e. The van der Waals surface area contributed by atoms with Crippen LogP contribution >= 0.6 is 0 Å². The third-order valence-corrected chi connectivity index (χ3v) is 3.37. The first-order valence-electron chi connectivity index (χ1n) is 7.72. The molecule has 0 unspecified atom stereocenters. The Bertz CT molecular complexity index is 523. The minimum atomic E-state index is -0.310. The summed E-state index contributed by atoms with van der Waals surface area (Å²) < 4.78 is 21.1. The van der Waals surface area contributed by atoms with Crippen molar-refractivity contribution in [2.75, 3.05) is 27.9 Å². The van der Waals surface area contributed by atoms with Crippen molar-refractivity contribution in [1.82, 2.24) is 0 Å². The Morgan fingerprint density at radius 1 is 1.04 bits per heavy atom. The van der Waals surface area contributed by atoms with E-state index in [0.717, 1.165) is 24.8 Å². The molecule has 0 aliphatic carbocycles. The number of carbonyl (C=O) groups excluding carboxylic acids is 1. The zero-order chi connectivity index (χ0) is 17.2. The molecule has 5 nitrogen and oxygen atoms in total. The van der Waals surface area contributed by atoms with E-state index in [1.54, 1.807) is 46.5 Å². The van der Waals surface area contributed by atoms with E-state index in [1.165, 1.54) is 0 Å². The van der Waals surface area contributed by atoms with Crippen LogP contribution < -0.4 is 14.2 Å². The highest BCUT2D eigenvalue weighted by Crippen LogP contribution is 2.38. The molecule has 0 heterocycles. The summed E-state index contributed by atoms with van der Waals surface area (Å²) in [5.74, 6) is 1.30. The summed E-state index contributed by atoms with van der Waals surface area (Å²) in [5.41, 5.74) is 1.30. The van der Waals surface area contributed by atoms with Crippen molar-refractivity contribution in [1.29, 1.82) is 0 Å². The first-order valence-corrected chi connectivity index (χ1v) is 7.72. The summed E-state index contributed by atoms with van der Waals surface area (Å²) in [5, 5.41) is 0. The molecule has 0 aliphatic heterocycles. The van der Waals surface area contributed by atoms with Crippen molar-refractivity contribution in [3.05, 3.63) is 23.3 Å². The minimum Gasteiger partial charge on any atom is -0.493 e. The normalized spacial score (nSPS) is 11.1. The number of esters is 1. The number of methoxy groups -OCH3 is 3. The predicted octanol–water partition coefficient (Wildman–Crippen LogP) is 3.85. The average molecular weight is 322 g/mol. The molecule has 0 bridgehead atoms. The smallest absolute Gasteiger partial charge is 0.333 e. The van der Waals surface area contributed by atoms with Crippen molar-refractivity contribution in [3.8, 4) is 17.2 Å². The van der Waals surface area contributed by atoms with Gasteiger partial charge in [-0.3, -0.25) is 0 Å². The lowest BCUT2D eigenvalue weighted by molar-refractivity contribution is -0.139. The van der Waals surface area contributed by atoms with Crippen LogP contribution in [0.1, 0.15) is 38.7 Å². The molecule has 0 amide bonds. The second kappa shape index (κ2) is 9.77. The fourth-order valence-electron chi connectivity index (χ4n) is 2.12. The minimum absolute atomic E-state index is 0.310. The van der Waals surface area contributed by atoms with Gasteiger partial charge in [0.15, 0.2) is 11.5 Å². The lowest BCUT2D eigenvalue weighted by Crippen LogP contribution is -2.07. The molecule has 0 fully saturated rings. The number of benzene rings is 1. The van der Waals surface area contributed by atoms with Gasteiger partial charge in [0.2, 0.25) is 5.75 Å². The molecule has 0 aliphatic rings. The van der Waals surface area contributed by atoms with Crippen LogP contribution in [0.15, 0.2) is 17.7 Å². The number of hydrogen-bond acceptors (Lipinski definition) is 5. The summed E-state index contributed by atoms with van der Waals surface area (Å²) in [6, 6.07) is 3.57. The van der Waals surface area contributed by atoms with E-state index in [0.29, 0.717) is 29.4 Å². The number of unbranched alkanes of at least 4 members (excludes halogenated alkanes) is 2. The number of rotatable bonds is 9. The molecule has 0 N–H and O–H groups in total. The van der Waals surface area contributed by atoms with Crippen LogP contribution in [-0.4, -0.2) is 33.9 Å². The Hall–Kier alpha value is -2.17. The van der Waals surface area contributed by atoms with Crippen molar-refractivity contribution in [2.45, 2.75) is 33.1 Å². The third-order valence-electron chi connectivity index (χ3n) is 3.37. The average Bonchev–Trinajstić information content (AvgIpc) is 2.57. The van der Waals surface area contributed by atoms with Gasteiger partial charge in [0.05, 0.1) is 27.9 Å². The number of hydrogen-bond donors (Lipinski definition) is 0. The van der Waals surface area contributed by atoms with Gasteiger partial charge in [-0.2, -0.15) is 0 Å². The maximum atomic E-state index is 12.0. The fraction of sp³-hybridized carbons (Fsp3) is 0.500. The van der Waals surface area contributed by atoms with Gasteiger partial charge in [0, 0.05) is 5.57 Å². The van der Waals surface area contributed by atoms with Gasteiger partial charge in [0.25, 0.3) is 0 Å². The Balaban J connectivity index is 2.91. The van der Waals surface area contributed by atoms with Crippen LogP contribution in [-0.2, 0) is 9.53 Å². The highest BCUT2D eigenvalue weighted by Gasteiger charge is 2.13. The van der Waals surface area contributed by atoms with Crippen molar-refractivity contribution >= 4 is 12.0 Å². The van der Waals surface area contributed by atoms with Gasteiger partial charge in [0.1, 0.15) is 0 Å². The maximum Gasteiger partial charge on any atom is 0.333 e. The number of carbonyl (C=O) groups is 1. The van der Waals surface area contributed by atoms with E-state index in [9.17, 15) is 4.79 Å². The summed E-state index contributed by atoms with van der Waals surface area (Å²) in [6.07, 6.45) is 4.78. The van der Waals surface area contributed by atoms with Gasteiger partial charge in [-0.15, -0.1) is 0 Å². The van der Waals surface area contributed by atoms with E-state index in [4.69, 9.17) is 18.9 Å². The zero-order valence-corrected chi connectivity index (χ0v) is 14.6. The Morgan fingerprint density at radius 2 is 1.65 bits per heavy atom. The first-order chi connectivity index (χ1) is 11.1. The van der Waals surface area contributed by atoms with E-state index >= 15 is 0 Å². The molecule has 0 saturated carbocycles. The first kappa shape index (κ1) is 18.9. The summed E-state index contributed by atoms with van der Waals surface area (Å²) in [7, 11) is 4.66.